The Morgan fingerprint density at radius 3 is 2.68 bits per heavy atom. The Morgan fingerprint density at radius 2 is 1.96 bits per heavy atom. The molecule has 1 aliphatic carbocycles. The van der Waals surface area contributed by atoms with E-state index < -0.39 is 0 Å². The lowest BCUT2D eigenvalue weighted by molar-refractivity contribution is -0.130. The van der Waals surface area contributed by atoms with Gasteiger partial charge in [-0.05, 0) is 48.2 Å². The molecule has 1 aliphatic rings. The van der Waals surface area contributed by atoms with Crippen LogP contribution in [0, 0.1) is 0 Å². The number of nitrogens with one attached hydrogen (secondary N) is 2. The van der Waals surface area contributed by atoms with E-state index >= 15 is 0 Å². The van der Waals surface area contributed by atoms with Crippen LogP contribution >= 0.6 is 0 Å². The van der Waals surface area contributed by atoms with Crippen LogP contribution in [0.5, 0.6) is 0 Å². The first kappa shape index (κ1) is 15.8. The average molecular weight is 333 g/mol. The minimum absolute atomic E-state index is 0.171. The Labute approximate surface area is 147 Å². The lowest BCUT2D eigenvalue weighted by Crippen LogP contribution is -2.30. The quantitative estimate of drug-likeness (QED) is 0.707. The van der Waals surface area contributed by atoms with Crippen LogP contribution in [0.2, 0.25) is 0 Å². The molecule has 2 aromatic carbocycles. The summed E-state index contributed by atoms with van der Waals surface area (Å²) in [5, 5.41) is 4.74. The van der Waals surface area contributed by atoms with Gasteiger partial charge >= 0.3 is 0 Å². The number of fused-ring (bicyclic) bond motifs is 1. The molecular formula is C21H23N3O. The number of rotatable bonds is 6. The van der Waals surface area contributed by atoms with Gasteiger partial charge in [0.1, 0.15) is 0 Å². The number of carbonyl (C=O) groups excluding carboxylic acids is 1. The van der Waals surface area contributed by atoms with Crippen LogP contribution < -0.4 is 5.32 Å². The number of anilines is 1. The van der Waals surface area contributed by atoms with E-state index in [1.807, 2.05) is 11.1 Å². The second-order valence-corrected chi connectivity index (χ2v) is 6.78. The normalized spacial score (nSPS) is 13.8. The summed E-state index contributed by atoms with van der Waals surface area (Å²) >= 11 is 0. The molecule has 25 heavy (non-hydrogen) atoms. The molecule has 1 aromatic heterocycles. The summed E-state index contributed by atoms with van der Waals surface area (Å²) in [6.07, 6.45) is 4.26. The van der Waals surface area contributed by atoms with Gasteiger partial charge in [0.05, 0.1) is 0 Å². The predicted molar refractivity (Wildman–Crippen MR) is 101 cm³/mol. The summed E-state index contributed by atoms with van der Waals surface area (Å²) in [5.74, 6) is 0.171. The van der Waals surface area contributed by atoms with Gasteiger partial charge in [0.15, 0.2) is 0 Å². The molecule has 3 aromatic rings. The molecule has 0 radical (unpaired) electrons. The maximum absolute atomic E-state index is 11.8. The molecule has 1 amide bonds. The fourth-order valence-electron chi connectivity index (χ4n) is 3.31. The van der Waals surface area contributed by atoms with E-state index in [4.69, 9.17) is 0 Å². The van der Waals surface area contributed by atoms with Gasteiger partial charge in [-0.2, -0.15) is 0 Å². The number of aromatic nitrogens is 1. The zero-order valence-corrected chi connectivity index (χ0v) is 14.5. The van der Waals surface area contributed by atoms with Crippen molar-refractivity contribution in [2.75, 3.05) is 5.32 Å². The fourth-order valence-corrected chi connectivity index (χ4v) is 3.31. The molecule has 128 valence electrons. The number of hydrogen-bond acceptors (Lipinski definition) is 2. The first-order valence-electron chi connectivity index (χ1n) is 8.86. The van der Waals surface area contributed by atoms with E-state index in [0.717, 1.165) is 25.1 Å². The van der Waals surface area contributed by atoms with Gasteiger partial charge in [0.2, 0.25) is 5.91 Å². The summed E-state index contributed by atoms with van der Waals surface area (Å²) in [7, 11) is 0. The summed E-state index contributed by atoms with van der Waals surface area (Å²) in [6, 6.07) is 17.3. The largest absolute Gasteiger partial charge is 0.381 e. The molecule has 4 nitrogen and oxygen atoms in total. The van der Waals surface area contributed by atoms with Crippen molar-refractivity contribution in [1.29, 1.82) is 0 Å². The van der Waals surface area contributed by atoms with Gasteiger partial charge in [-0.3, -0.25) is 4.79 Å². The average Bonchev–Trinajstić information content (AvgIpc) is 3.34. The number of carbonyl (C=O) groups is 1. The molecule has 0 unspecified atom stereocenters. The predicted octanol–water partition coefficient (Wildman–Crippen LogP) is 4.29. The highest BCUT2D eigenvalue weighted by Gasteiger charge is 2.30. The maximum Gasteiger partial charge on any atom is 0.219 e. The highest BCUT2D eigenvalue weighted by Crippen LogP contribution is 2.28. The lowest BCUT2D eigenvalue weighted by Gasteiger charge is -2.20. The molecule has 0 bridgehead atoms. The van der Waals surface area contributed by atoms with Crippen molar-refractivity contribution in [3.05, 3.63) is 65.9 Å². The molecule has 4 heteroatoms. The minimum atomic E-state index is 0.171. The first-order chi connectivity index (χ1) is 12.2. The van der Waals surface area contributed by atoms with Crippen molar-refractivity contribution in [2.45, 2.75) is 38.9 Å². The first-order valence-corrected chi connectivity index (χ1v) is 8.86. The van der Waals surface area contributed by atoms with Crippen molar-refractivity contribution in [3.63, 3.8) is 0 Å². The van der Waals surface area contributed by atoms with Crippen LogP contribution in [-0.4, -0.2) is 21.8 Å². The Hall–Kier alpha value is -2.75. The lowest BCUT2D eigenvalue weighted by atomic mass is 10.1. The van der Waals surface area contributed by atoms with Crippen LogP contribution in [0.15, 0.2) is 54.7 Å². The standard InChI is InChI=1S/C21H23N3O/c1-15(25)24(19-9-10-19)14-16-5-7-18(8-6-16)23-13-17-3-2-4-21-20(17)11-12-22-21/h2-8,11-12,19,22-23H,9-10,13-14H2,1H3. The number of amides is 1. The summed E-state index contributed by atoms with van der Waals surface area (Å²) in [6.45, 7) is 3.16. The third kappa shape index (κ3) is 3.53. The molecule has 0 aliphatic heterocycles. The highest BCUT2D eigenvalue weighted by atomic mass is 16.2. The van der Waals surface area contributed by atoms with Crippen molar-refractivity contribution in [1.82, 2.24) is 9.88 Å². The van der Waals surface area contributed by atoms with E-state index in [1.165, 1.54) is 22.0 Å². The minimum Gasteiger partial charge on any atom is -0.381 e. The third-order valence-electron chi connectivity index (χ3n) is 4.87. The monoisotopic (exact) mass is 333 g/mol. The van der Waals surface area contributed by atoms with E-state index in [1.54, 1.807) is 6.92 Å². The molecule has 1 fully saturated rings. The molecule has 0 spiro atoms. The summed E-state index contributed by atoms with van der Waals surface area (Å²) in [4.78, 5) is 17.0. The molecule has 0 atom stereocenters. The SMILES string of the molecule is CC(=O)N(Cc1ccc(NCc2cccc3[nH]ccc23)cc1)C1CC1. The second kappa shape index (κ2) is 6.63. The maximum atomic E-state index is 11.8. The van der Waals surface area contributed by atoms with Gasteiger partial charge in [0.25, 0.3) is 0 Å². The van der Waals surface area contributed by atoms with Crippen molar-refractivity contribution in [3.8, 4) is 0 Å². The Balaban J connectivity index is 1.40. The Morgan fingerprint density at radius 1 is 1.16 bits per heavy atom. The van der Waals surface area contributed by atoms with Crippen molar-refractivity contribution in [2.24, 2.45) is 0 Å². The zero-order valence-electron chi connectivity index (χ0n) is 14.5. The zero-order chi connectivity index (χ0) is 17.2. The smallest absolute Gasteiger partial charge is 0.219 e. The topological polar surface area (TPSA) is 48.1 Å². The van der Waals surface area contributed by atoms with Gasteiger partial charge in [-0.1, -0.05) is 24.3 Å². The molecular weight excluding hydrogens is 310 g/mol. The Kier molecular flexibility index (Phi) is 4.18. The van der Waals surface area contributed by atoms with E-state index in [9.17, 15) is 4.79 Å². The van der Waals surface area contributed by atoms with Crippen LogP contribution in [-0.2, 0) is 17.9 Å². The van der Waals surface area contributed by atoms with Crippen LogP contribution in [0.1, 0.15) is 30.9 Å². The van der Waals surface area contributed by atoms with Crippen molar-refractivity contribution >= 4 is 22.5 Å². The number of aromatic amines is 1. The number of hydrogen-bond donors (Lipinski definition) is 2. The van der Waals surface area contributed by atoms with Crippen LogP contribution in [0.3, 0.4) is 0 Å². The highest BCUT2D eigenvalue weighted by molar-refractivity contribution is 5.83. The van der Waals surface area contributed by atoms with Gasteiger partial charge in [-0.25, -0.2) is 0 Å². The molecule has 1 saturated carbocycles. The van der Waals surface area contributed by atoms with Crippen LogP contribution in [0.4, 0.5) is 5.69 Å². The summed E-state index contributed by atoms with van der Waals surface area (Å²) < 4.78 is 0. The fraction of sp³-hybridized carbons (Fsp3) is 0.286. The van der Waals surface area contributed by atoms with Crippen LogP contribution in [0.25, 0.3) is 10.9 Å². The second-order valence-electron chi connectivity index (χ2n) is 6.78. The number of H-pyrrole nitrogens is 1. The van der Waals surface area contributed by atoms with Gasteiger partial charge < -0.3 is 15.2 Å². The van der Waals surface area contributed by atoms with E-state index in [2.05, 4.69) is 58.8 Å². The third-order valence-corrected chi connectivity index (χ3v) is 4.87. The van der Waals surface area contributed by atoms with Crippen molar-refractivity contribution < 1.29 is 4.79 Å². The summed E-state index contributed by atoms with van der Waals surface area (Å²) in [5.41, 5.74) is 4.72. The Bertz CT molecular complexity index is 878. The van der Waals surface area contributed by atoms with Gasteiger partial charge in [0, 0.05) is 48.8 Å². The number of nitrogens with zero attached hydrogens (tertiary/aromatic N) is 1. The molecule has 1 heterocycles. The van der Waals surface area contributed by atoms with Gasteiger partial charge in [-0.15, -0.1) is 0 Å². The van der Waals surface area contributed by atoms with E-state index in [-0.39, 0.29) is 5.91 Å². The number of benzene rings is 2. The molecule has 2 N–H and O–H groups in total. The molecule has 0 saturated heterocycles. The molecule has 4 rings (SSSR count). The van der Waals surface area contributed by atoms with E-state index in [0.29, 0.717) is 12.6 Å².